The minimum atomic E-state index is -0.138. The van der Waals surface area contributed by atoms with E-state index in [4.69, 9.17) is 4.84 Å². The fraction of sp³-hybridized carbons (Fsp3) is 0.444. The van der Waals surface area contributed by atoms with E-state index in [1.807, 2.05) is 32.2 Å². The maximum Gasteiger partial charge on any atom is 0.137 e. The summed E-state index contributed by atoms with van der Waals surface area (Å²) in [5.41, 5.74) is 1.92. The number of oxime groups is 1. The Morgan fingerprint density at radius 3 is 2.92 bits per heavy atom. The van der Waals surface area contributed by atoms with Gasteiger partial charge in [0, 0.05) is 12.6 Å². The predicted molar refractivity (Wildman–Crippen MR) is 47.1 cm³/mol. The van der Waals surface area contributed by atoms with Crippen LogP contribution >= 0.6 is 0 Å². The molecule has 64 valence electrons. The van der Waals surface area contributed by atoms with Gasteiger partial charge in [-0.15, -0.1) is 0 Å². The van der Waals surface area contributed by atoms with Crippen molar-refractivity contribution in [3.05, 3.63) is 24.0 Å². The fourth-order valence-electron chi connectivity index (χ4n) is 1.30. The lowest BCUT2D eigenvalue weighted by Gasteiger charge is -2.12. The average molecular weight is 164 g/mol. The van der Waals surface area contributed by atoms with E-state index < -0.39 is 0 Å². The lowest BCUT2D eigenvalue weighted by Crippen LogP contribution is -2.19. The van der Waals surface area contributed by atoms with Gasteiger partial charge < -0.3 is 9.82 Å². The maximum absolute atomic E-state index is 5.24. The van der Waals surface area contributed by atoms with Crippen LogP contribution in [-0.4, -0.2) is 16.3 Å². The summed E-state index contributed by atoms with van der Waals surface area (Å²) in [5.74, 6) is 0. The predicted octanol–water partition coefficient (Wildman–Crippen LogP) is 1.92. The molecule has 2 heterocycles. The van der Waals surface area contributed by atoms with Crippen LogP contribution in [0.15, 0.2) is 23.5 Å². The standard InChI is InChI=1S/C9H12N2O/c1-9(2)6-8(11-12-9)7-4-3-5-10-7/h3-5,10H,6H2,1-2H3. The monoisotopic (exact) mass is 164 g/mol. The number of hydrogen-bond acceptors (Lipinski definition) is 2. The Bertz CT molecular complexity index is 298. The van der Waals surface area contributed by atoms with Crippen molar-refractivity contribution in [2.75, 3.05) is 0 Å². The first-order valence-electron chi connectivity index (χ1n) is 4.06. The molecule has 1 aliphatic rings. The summed E-state index contributed by atoms with van der Waals surface area (Å²) in [5, 5.41) is 4.02. The van der Waals surface area contributed by atoms with E-state index in [1.165, 1.54) is 0 Å². The van der Waals surface area contributed by atoms with Crippen molar-refractivity contribution in [2.24, 2.45) is 5.16 Å². The summed E-state index contributed by atoms with van der Waals surface area (Å²) >= 11 is 0. The molecule has 1 aliphatic heterocycles. The van der Waals surface area contributed by atoms with Gasteiger partial charge >= 0.3 is 0 Å². The van der Waals surface area contributed by atoms with Crippen molar-refractivity contribution < 1.29 is 4.84 Å². The third kappa shape index (κ3) is 1.22. The molecule has 0 radical (unpaired) electrons. The van der Waals surface area contributed by atoms with E-state index in [0.717, 1.165) is 17.8 Å². The van der Waals surface area contributed by atoms with Crippen molar-refractivity contribution in [3.63, 3.8) is 0 Å². The summed E-state index contributed by atoms with van der Waals surface area (Å²) in [7, 11) is 0. The normalized spacial score (nSPS) is 20.3. The van der Waals surface area contributed by atoms with Gasteiger partial charge in [0.2, 0.25) is 0 Å². The number of H-pyrrole nitrogens is 1. The Kier molecular flexibility index (Phi) is 1.46. The molecule has 3 nitrogen and oxygen atoms in total. The van der Waals surface area contributed by atoms with Crippen LogP contribution in [0.3, 0.4) is 0 Å². The van der Waals surface area contributed by atoms with E-state index in [2.05, 4.69) is 10.1 Å². The van der Waals surface area contributed by atoms with Crippen LogP contribution in [0.2, 0.25) is 0 Å². The molecule has 2 rings (SSSR count). The molecule has 0 saturated carbocycles. The molecule has 1 aromatic rings. The molecule has 3 heteroatoms. The quantitative estimate of drug-likeness (QED) is 0.676. The minimum Gasteiger partial charge on any atom is -0.389 e. The summed E-state index contributed by atoms with van der Waals surface area (Å²) in [4.78, 5) is 8.35. The smallest absolute Gasteiger partial charge is 0.137 e. The Balaban J connectivity index is 2.20. The molecule has 0 saturated heterocycles. The largest absolute Gasteiger partial charge is 0.389 e. The van der Waals surface area contributed by atoms with Crippen LogP contribution in [0.4, 0.5) is 0 Å². The van der Waals surface area contributed by atoms with Gasteiger partial charge in [-0.3, -0.25) is 0 Å². The van der Waals surface area contributed by atoms with Crippen molar-refractivity contribution in [1.82, 2.24) is 4.98 Å². The Morgan fingerprint density at radius 2 is 2.42 bits per heavy atom. The number of nitrogens with zero attached hydrogens (tertiary/aromatic N) is 1. The number of aromatic nitrogens is 1. The summed E-state index contributed by atoms with van der Waals surface area (Å²) in [6, 6.07) is 3.97. The van der Waals surface area contributed by atoms with Crippen molar-refractivity contribution in [3.8, 4) is 0 Å². The van der Waals surface area contributed by atoms with E-state index in [-0.39, 0.29) is 5.60 Å². The molecule has 0 aliphatic carbocycles. The molecule has 1 aromatic heterocycles. The van der Waals surface area contributed by atoms with E-state index in [1.54, 1.807) is 0 Å². The number of aromatic amines is 1. The zero-order valence-corrected chi connectivity index (χ0v) is 7.29. The molecular formula is C9H12N2O. The molecule has 0 fully saturated rings. The van der Waals surface area contributed by atoms with Crippen molar-refractivity contribution in [2.45, 2.75) is 25.9 Å². The second-order valence-electron chi connectivity index (χ2n) is 3.65. The lowest BCUT2D eigenvalue weighted by atomic mass is 10.0. The first-order valence-corrected chi connectivity index (χ1v) is 4.06. The second kappa shape index (κ2) is 2.37. The molecule has 0 atom stereocenters. The van der Waals surface area contributed by atoms with Crippen molar-refractivity contribution >= 4 is 5.71 Å². The van der Waals surface area contributed by atoms with Crippen LogP contribution < -0.4 is 0 Å². The van der Waals surface area contributed by atoms with Crippen LogP contribution in [0.25, 0.3) is 0 Å². The number of rotatable bonds is 1. The zero-order chi connectivity index (χ0) is 8.60. The molecule has 0 unspecified atom stereocenters. The second-order valence-corrected chi connectivity index (χ2v) is 3.65. The molecule has 0 aromatic carbocycles. The van der Waals surface area contributed by atoms with Gasteiger partial charge in [-0.25, -0.2) is 0 Å². The van der Waals surface area contributed by atoms with Crippen LogP contribution in [0, 0.1) is 0 Å². The highest BCUT2D eigenvalue weighted by molar-refractivity contribution is 6.00. The molecular weight excluding hydrogens is 152 g/mol. The Labute approximate surface area is 71.4 Å². The van der Waals surface area contributed by atoms with Crippen molar-refractivity contribution in [1.29, 1.82) is 0 Å². The third-order valence-corrected chi connectivity index (χ3v) is 1.90. The Morgan fingerprint density at radius 1 is 1.58 bits per heavy atom. The molecule has 0 bridgehead atoms. The van der Waals surface area contributed by atoms with E-state index in [0.29, 0.717) is 0 Å². The summed E-state index contributed by atoms with van der Waals surface area (Å²) in [6.45, 7) is 4.07. The maximum atomic E-state index is 5.24. The van der Waals surface area contributed by atoms with Gasteiger partial charge in [-0.2, -0.15) is 0 Å². The first kappa shape index (κ1) is 7.40. The highest BCUT2D eigenvalue weighted by Gasteiger charge is 2.29. The minimum absolute atomic E-state index is 0.138. The lowest BCUT2D eigenvalue weighted by molar-refractivity contribution is 0.0123. The van der Waals surface area contributed by atoms with Gasteiger partial charge in [0.05, 0.1) is 5.69 Å². The summed E-state index contributed by atoms with van der Waals surface area (Å²) < 4.78 is 0. The molecule has 1 N–H and O–H groups in total. The summed E-state index contributed by atoms with van der Waals surface area (Å²) in [6.07, 6.45) is 2.76. The first-order chi connectivity index (χ1) is 5.67. The number of hydrogen-bond donors (Lipinski definition) is 1. The van der Waals surface area contributed by atoms with Gasteiger partial charge in [0.1, 0.15) is 11.3 Å². The molecule has 12 heavy (non-hydrogen) atoms. The molecule has 0 amide bonds. The van der Waals surface area contributed by atoms with Crippen LogP contribution in [0.1, 0.15) is 26.0 Å². The van der Waals surface area contributed by atoms with E-state index in [9.17, 15) is 0 Å². The van der Waals surface area contributed by atoms with Gasteiger partial charge in [0.25, 0.3) is 0 Å². The van der Waals surface area contributed by atoms with Gasteiger partial charge in [-0.1, -0.05) is 5.16 Å². The topological polar surface area (TPSA) is 37.4 Å². The highest BCUT2D eigenvalue weighted by atomic mass is 16.7. The molecule has 0 spiro atoms. The van der Waals surface area contributed by atoms with Crippen LogP contribution in [0.5, 0.6) is 0 Å². The van der Waals surface area contributed by atoms with E-state index >= 15 is 0 Å². The van der Waals surface area contributed by atoms with Crippen LogP contribution in [-0.2, 0) is 4.84 Å². The zero-order valence-electron chi connectivity index (χ0n) is 7.29. The van der Waals surface area contributed by atoms with Gasteiger partial charge in [0.15, 0.2) is 0 Å². The fourth-order valence-corrected chi connectivity index (χ4v) is 1.30. The van der Waals surface area contributed by atoms with Gasteiger partial charge in [-0.05, 0) is 26.0 Å². The Hall–Kier alpha value is -1.25. The number of nitrogens with one attached hydrogen (secondary N) is 1. The average Bonchev–Trinajstić information content (AvgIpc) is 2.55. The SMILES string of the molecule is CC1(C)CC(c2ccc[nH]2)=NO1. The third-order valence-electron chi connectivity index (χ3n) is 1.90. The highest BCUT2D eigenvalue weighted by Crippen LogP contribution is 2.24.